The highest BCUT2D eigenvalue weighted by atomic mass is 16.7. The van der Waals surface area contributed by atoms with Gasteiger partial charge in [-0.2, -0.15) is 5.06 Å². The zero-order valence-corrected chi connectivity index (χ0v) is 16.1. The molecule has 23 heavy (non-hydrogen) atoms. The van der Waals surface area contributed by atoms with Crippen LogP contribution in [0.1, 0.15) is 92.9 Å². The fourth-order valence-corrected chi connectivity index (χ4v) is 4.97. The molecule has 2 unspecified atom stereocenters. The lowest BCUT2D eigenvalue weighted by Gasteiger charge is -2.54. The van der Waals surface area contributed by atoms with E-state index in [2.05, 4.69) is 46.6 Å². The van der Waals surface area contributed by atoms with E-state index in [4.69, 9.17) is 9.83 Å². The van der Waals surface area contributed by atoms with Gasteiger partial charge in [-0.15, -0.1) is 0 Å². The summed E-state index contributed by atoms with van der Waals surface area (Å²) in [7, 11) is 0. The van der Waals surface area contributed by atoms with E-state index in [1.807, 2.05) is 0 Å². The van der Waals surface area contributed by atoms with Crippen molar-refractivity contribution in [1.29, 1.82) is 0 Å². The van der Waals surface area contributed by atoms with Crippen LogP contribution in [0.2, 0.25) is 0 Å². The van der Waals surface area contributed by atoms with E-state index in [1.165, 1.54) is 57.1 Å². The van der Waals surface area contributed by atoms with Gasteiger partial charge in [0.2, 0.25) is 0 Å². The fraction of sp³-hybridized carbons (Fsp3) is 0.950. The Morgan fingerprint density at radius 2 is 1.70 bits per heavy atom. The van der Waals surface area contributed by atoms with Crippen molar-refractivity contribution < 1.29 is 4.84 Å². The third kappa shape index (κ3) is 3.37. The molecule has 0 N–H and O–H groups in total. The molecule has 0 aromatic carbocycles. The van der Waals surface area contributed by atoms with Crippen molar-refractivity contribution in [2.24, 2.45) is 10.9 Å². The Kier molecular flexibility index (Phi) is 4.42. The Hall–Kier alpha value is -0.410. The van der Waals surface area contributed by atoms with Crippen molar-refractivity contribution in [3.05, 3.63) is 0 Å². The van der Waals surface area contributed by atoms with Gasteiger partial charge in [0.25, 0.3) is 0 Å². The summed E-state index contributed by atoms with van der Waals surface area (Å²) in [6.45, 7) is 13.8. The first-order valence-electron chi connectivity index (χ1n) is 9.68. The van der Waals surface area contributed by atoms with E-state index in [1.54, 1.807) is 0 Å². The summed E-state index contributed by atoms with van der Waals surface area (Å²) in [5.74, 6) is 0.735. The summed E-state index contributed by atoms with van der Waals surface area (Å²) in [6.07, 6.45) is 10.2. The zero-order chi connectivity index (χ0) is 16.9. The van der Waals surface area contributed by atoms with E-state index in [0.717, 1.165) is 5.92 Å². The van der Waals surface area contributed by atoms with Crippen molar-refractivity contribution in [3.8, 4) is 0 Å². The van der Waals surface area contributed by atoms with E-state index in [0.29, 0.717) is 6.04 Å². The molecule has 3 rings (SSSR count). The van der Waals surface area contributed by atoms with Gasteiger partial charge in [0, 0.05) is 16.8 Å². The van der Waals surface area contributed by atoms with Crippen molar-refractivity contribution in [2.75, 3.05) is 0 Å². The molecule has 132 valence electrons. The van der Waals surface area contributed by atoms with Gasteiger partial charge in [-0.3, -0.25) is 9.83 Å². The molecule has 2 aliphatic heterocycles. The van der Waals surface area contributed by atoms with Crippen molar-refractivity contribution in [3.63, 3.8) is 0 Å². The van der Waals surface area contributed by atoms with Crippen LogP contribution in [-0.4, -0.2) is 33.5 Å². The van der Waals surface area contributed by atoms with E-state index < -0.39 is 0 Å². The summed E-state index contributed by atoms with van der Waals surface area (Å²) in [5.41, 5.74) is 1.45. The second kappa shape index (κ2) is 5.84. The lowest BCUT2D eigenvalue weighted by molar-refractivity contribution is -0.332. The number of hydrogen-bond donors (Lipinski definition) is 0. The minimum atomic E-state index is -0.226. The SMILES string of the molecule is CC(C)(ON1C(C)(C)CCCC1(C)C)C1CC2CCCCC2=N1. The van der Waals surface area contributed by atoms with Crippen LogP contribution in [0.25, 0.3) is 0 Å². The number of nitrogens with zero attached hydrogens (tertiary/aromatic N) is 2. The van der Waals surface area contributed by atoms with Crippen LogP contribution in [-0.2, 0) is 4.84 Å². The molecule has 0 spiro atoms. The second-order valence-electron chi connectivity index (χ2n) is 9.78. The Bertz CT molecular complexity index is 462. The predicted molar refractivity (Wildman–Crippen MR) is 96.8 cm³/mol. The predicted octanol–water partition coefficient (Wildman–Crippen LogP) is 5.14. The maximum Gasteiger partial charge on any atom is 0.107 e. The van der Waals surface area contributed by atoms with E-state index >= 15 is 0 Å². The highest BCUT2D eigenvalue weighted by molar-refractivity contribution is 5.89. The van der Waals surface area contributed by atoms with Crippen molar-refractivity contribution >= 4 is 5.71 Å². The van der Waals surface area contributed by atoms with Gasteiger partial charge in [0.05, 0.1) is 6.04 Å². The molecule has 2 heterocycles. The molecule has 0 aromatic heterocycles. The Labute approximate surface area is 142 Å². The van der Waals surface area contributed by atoms with Gasteiger partial charge >= 0.3 is 0 Å². The zero-order valence-electron chi connectivity index (χ0n) is 16.1. The molecule has 1 saturated heterocycles. The van der Waals surface area contributed by atoms with Crippen LogP contribution in [0.15, 0.2) is 4.99 Å². The topological polar surface area (TPSA) is 24.8 Å². The smallest absolute Gasteiger partial charge is 0.107 e. The highest BCUT2D eigenvalue weighted by Crippen LogP contribution is 2.43. The lowest BCUT2D eigenvalue weighted by Crippen LogP contribution is -2.61. The molecule has 3 heteroatoms. The van der Waals surface area contributed by atoms with Crippen molar-refractivity contribution in [2.45, 2.75) is 116 Å². The van der Waals surface area contributed by atoms with Crippen LogP contribution >= 0.6 is 0 Å². The number of hydrogen-bond acceptors (Lipinski definition) is 3. The highest BCUT2D eigenvalue weighted by Gasteiger charge is 2.48. The standard InChI is InChI=1S/C20H36N2O/c1-18(2)12-9-13-19(3,4)22(18)23-20(5,6)17-14-15-10-7-8-11-16(15)21-17/h15,17H,7-14H2,1-6H3. The van der Waals surface area contributed by atoms with Gasteiger partial charge in [0.1, 0.15) is 5.60 Å². The Morgan fingerprint density at radius 3 is 2.30 bits per heavy atom. The average Bonchev–Trinajstić information content (AvgIpc) is 2.87. The first-order valence-corrected chi connectivity index (χ1v) is 9.68. The van der Waals surface area contributed by atoms with Crippen LogP contribution < -0.4 is 0 Å². The summed E-state index contributed by atoms with van der Waals surface area (Å²) in [6, 6.07) is 0.314. The largest absolute Gasteiger partial charge is 0.290 e. The molecule has 0 bridgehead atoms. The third-order valence-electron chi connectivity index (χ3n) is 6.34. The molecular weight excluding hydrogens is 284 g/mol. The summed E-state index contributed by atoms with van der Waals surface area (Å²) >= 11 is 0. The maximum atomic E-state index is 6.73. The van der Waals surface area contributed by atoms with Gasteiger partial charge in [0.15, 0.2) is 0 Å². The van der Waals surface area contributed by atoms with Gasteiger partial charge < -0.3 is 0 Å². The number of fused-ring (bicyclic) bond motifs is 1. The molecule has 2 fully saturated rings. The molecule has 2 atom stereocenters. The maximum absolute atomic E-state index is 6.73. The molecule has 0 aromatic rings. The molecule has 3 nitrogen and oxygen atoms in total. The van der Waals surface area contributed by atoms with Gasteiger partial charge in [-0.05, 0) is 92.4 Å². The molecule has 3 aliphatic rings. The Balaban J connectivity index is 1.76. The minimum absolute atomic E-state index is 0.0948. The summed E-state index contributed by atoms with van der Waals surface area (Å²) in [4.78, 5) is 11.8. The Morgan fingerprint density at radius 1 is 1.04 bits per heavy atom. The second-order valence-corrected chi connectivity index (χ2v) is 9.78. The number of aliphatic imine (C=N–C) groups is 1. The molecular formula is C20H36N2O. The van der Waals surface area contributed by atoms with Crippen LogP contribution in [0.5, 0.6) is 0 Å². The summed E-state index contributed by atoms with van der Waals surface area (Å²) < 4.78 is 0. The van der Waals surface area contributed by atoms with Crippen LogP contribution in [0.4, 0.5) is 0 Å². The number of hydroxylamine groups is 2. The molecule has 0 radical (unpaired) electrons. The third-order valence-corrected chi connectivity index (χ3v) is 6.34. The fourth-order valence-electron chi connectivity index (χ4n) is 4.97. The van der Waals surface area contributed by atoms with E-state index in [9.17, 15) is 0 Å². The average molecular weight is 321 g/mol. The van der Waals surface area contributed by atoms with Gasteiger partial charge in [-0.25, -0.2) is 0 Å². The van der Waals surface area contributed by atoms with Crippen LogP contribution in [0.3, 0.4) is 0 Å². The normalized spacial score (nSPS) is 34.1. The molecule has 1 aliphatic carbocycles. The molecule has 0 amide bonds. The van der Waals surface area contributed by atoms with E-state index in [-0.39, 0.29) is 16.7 Å². The van der Waals surface area contributed by atoms with Gasteiger partial charge in [-0.1, -0.05) is 6.42 Å². The minimum Gasteiger partial charge on any atom is -0.290 e. The molecule has 1 saturated carbocycles. The van der Waals surface area contributed by atoms with Crippen LogP contribution in [0, 0.1) is 5.92 Å². The first-order chi connectivity index (χ1) is 10.6. The summed E-state index contributed by atoms with van der Waals surface area (Å²) in [5, 5.41) is 2.31. The number of rotatable bonds is 3. The van der Waals surface area contributed by atoms with Crippen molar-refractivity contribution in [1.82, 2.24) is 5.06 Å². The monoisotopic (exact) mass is 320 g/mol. The number of piperidine rings is 1. The lowest BCUT2D eigenvalue weighted by atomic mass is 9.81. The first kappa shape index (κ1) is 17.4. The quantitative estimate of drug-likeness (QED) is 0.719.